The van der Waals surface area contributed by atoms with Crippen molar-refractivity contribution in [1.82, 2.24) is 25.0 Å². The Bertz CT molecular complexity index is 829. The smallest absolute Gasteiger partial charge is 0.191 e. The zero-order valence-corrected chi connectivity index (χ0v) is 14.9. The van der Waals surface area contributed by atoms with Gasteiger partial charge in [0.05, 0.1) is 12.7 Å². The van der Waals surface area contributed by atoms with Crippen molar-refractivity contribution in [3.05, 3.63) is 54.5 Å². The minimum absolute atomic E-state index is 0.630. The van der Waals surface area contributed by atoms with Crippen LogP contribution in [0, 0.1) is 0 Å². The molecule has 0 bridgehead atoms. The van der Waals surface area contributed by atoms with Crippen LogP contribution >= 0.6 is 0 Å². The molecule has 0 aliphatic heterocycles. The molecule has 0 atom stereocenters. The molecular formula is C19H26N6. The highest BCUT2D eigenvalue weighted by Gasteiger charge is 2.01. The molecule has 2 heterocycles. The molecule has 132 valence electrons. The number of aromatic nitrogens is 3. The largest absolute Gasteiger partial charge is 0.357 e. The van der Waals surface area contributed by atoms with Gasteiger partial charge in [-0.2, -0.15) is 5.10 Å². The van der Waals surface area contributed by atoms with Crippen LogP contribution in [-0.2, 0) is 20.1 Å². The van der Waals surface area contributed by atoms with Gasteiger partial charge in [-0.1, -0.05) is 18.2 Å². The Balaban J connectivity index is 1.49. The molecule has 0 aliphatic rings. The van der Waals surface area contributed by atoms with E-state index < -0.39 is 0 Å². The molecule has 0 radical (unpaired) electrons. The number of rotatable bonds is 7. The number of hydrogen-bond acceptors (Lipinski definition) is 2. The van der Waals surface area contributed by atoms with E-state index in [1.165, 1.54) is 10.9 Å². The van der Waals surface area contributed by atoms with Crippen molar-refractivity contribution in [2.45, 2.75) is 26.4 Å². The van der Waals surface area contributed by atoms with Crippen LogP contribution in [-0.4, -0.2) is 33.4 Å². The molecule has 0 amide bonds. The van der Waals surface area contributed by atoms with Gasteiger partial charge >= 0.3 is 0 Å². The van der Waals surface area contributed by atoms with E-state index in [0.717, 1.165) is 37.6 Å². The average molecular weight is 338 g/mol. The summed E-state index contributed by atoms with van der Waals surface area (Å²) in [4.78, 5) is 4.62. The molecule has 0 fully saturated rings. The quantitative estimate of drug-likeness (QED) is 0.395. The summed E-state index contributed by atoms with van der Waals surface area (Å²) in [6, 6.07) is 10.7. The lowest BCUT2D eigenvalue weighted by Gasteiger charge is -2.11. The van der Waals surface area contributed by atoms with Crippen LogP contribution in [0.25, 0.3) is 10.9 Å². The van der Waals surface area contributed by atoms with Gasteiger partial charge in [0, 0.05) is 50.2 Å². The lowest BCUT2D eigenvalue weighted by molar-refractivity contribution is 0.641. The van der Waals surface area contributed by atoms with Gasteiger partial charge in [-0.25, -0.2) is 4.99 Å². The summed E-state index contributed by atoms with van der Waals surface area (Å²) in [7, 11) is 1.92. The van der Waals surface area contributed by atoms with Gasteiger partial charge in [0.1, 0.15) is 0 Å². The Hall–Kier alpha value is -2.76. The van der Waals surface area contributed by atoms with Crippen LogP contribution in [0.4, 0.5) is 0 Å². The summed E-state index contributed by atoms with van der Waals surface area (Å²) in [5, 5.41) is 12.2. The maximum Gasteiger partial charge on any atom is 0.191 e. The fourth-order valence-corrected chi connectivity index (χ4v) is 2.86. The van der Waals surface area contributed by atoms with Gasteiger partial charge in [-0.05, 0) is 30.9 Å². The van der Waals surface area contributed by atoms with Gasteiger partial charge in [-0.3, -0.25) is 4.68 Å². The van der Waals surface area contributed by atoms with E-state index in [2.05, 4.69) is 68.7 Å². The molecule has 25 heavy (non-hydrogen) atoms. The molecule has 0 aliphatic carbocycles. The minimum Gasteiger partial charge on any atom is -0.357 e. The molecule has 3 rings (SSSR count). The van der Waals surface area contributed by atoms with Gasteiger partial charge in [0.2, 0.25) is 0 Å². The molecule has 1 aromatic carbocycles. The van der Waals surface area contributed by atoms with Gasteiger partial charge in [0.15, 0.2) is 5.96 Å². The molecule has 2 N–H and O–H groups in total. The normalized spacial score (nSPS) is 11.8. The summed E-state index contributed by atoms with van der Waals surface area (Å²) >= 11 is 0. The van der Waals surface area contributed by atoms with Crippen molar-refractivity contribution in [3.8, 4) is 0 Å². The first-order valence-electron chi connectivity index (χ1n) is 8.80. The number of guanidine groups is 1. The first kappa shape index (κ1) is 17.1. The molecule has 3 aromatic rings. The SMILES string of the molecule is CCNC(=NCc1cnn(C)c1)NCCCn1ccc2ccccc21. The van der Waals surface area contributed by atoms with E-state index in [9.17, 15) is 0 Å². The lowest BCUT2D eigenvalue weighted by atomic mass is 10.2. The van der Waals surface area contributed by atoms with Crippen LogP contribution < -0.4 is 10.6 Å². The van der Waals surface area contributed by atoms with Crippen LogP contribution in [0.3, 0.4) is 0 Å². The summed E-state index contributed by atoms with van der Waals surface area (Å²) in [5.41, 5.74) is 2.40. The van der Waals surface area contributed by atoms with Crippen molar-refractivity contribution in [2.75, 3.05) is 13.1 Å². The molecule has 0 spiro atoms. The number of nitrogens with one attached hydrogen (secondary N) is 2. The Labute approximate surface area is 148 Å². The predicted molar refractivity (Wildman–Crippen MR) is 103 cm³/mol. The first-order chi connectivity index (χ1) is 12.3. The van der Waals surface area contributed by atoms with Gasteiger partial charge in [0.25, 0.3) is 0 Å². The molecule has 2 aromatic heterocycles. The van der Waals surface area contributed by atoms with E-state index in [-0.39, 0.29) is 0 Å². The Kier molecular flexibility index (Phi) is 5.72. The average Bonchev–Trinajstić information content (AvgIpc) is 3.22. The summed E-state index contributed by atoms with van der Waals surface area (Å²) in [6.45, 7) is 5.42. The fraction of sp³-hybridized carbons (Fsp3) is 0.368. The zero-order chi connectivity index (χ0) is 17.5. The summed E-state index contributed by atoms with van der Waals surface area (Å²) in [6.07, 6.45) is 7.04. The molecular weight excluding hydrogens is 312 g/mol. The van der Waals surface area contributed by atoms with Gasteiger partial charge < -0.3 is 15.2 Å². The monoisotopic (exact) mass is 338 g/mol. The van der Waals surface area contributed by atoms with Gasteiger partial charge in [-0.15, -0.1) is 0 Å². The van der Waals surface area contributed by atoms with Crippen LogP contribution in [0.1, 0.15) is 18.9 Å². The molecule has 6 heteroatoms. The number of aliphatic imine (C=N–C) groups is 1. The third kappa shape index (κ3) is 4.62. The predicted octanol–water partition coefficient (Wildman–Crippen LogP) is 2.52. The second-order valence-electron chi connectivity index (χ2n) is 6.07. The number of para-hydroxylation sites is 1. The van der Waals surface area contributed by atoms with E-state index >= 15 is 0 Å². The van der Waals surface area contributed by atoms with E-state index in [0.29, 0.717) is 6.54 Å². The van der Waals surface area contributed by atoms with Crippen molar-refractivity contribution >= 4 is 16.9 Å². The van der Waals surface area contributed by atoms with Crippen molar-refractivity contribution in [3.63, 3.8) is 0 Å². The summed E-state index contributed by atoms with van der Waals surface area (Å²) < 4.78 is 4.10. The highest BCUT2D eigenvalue weighted by atomic mass is 15.2. The highest BCUT2D eigenvalue weighted by Crippen LogP contribution is 2.15. The standard InChI is InChI=1S/C19H26N6/c1-3-20-19(22-13-16-14-23-24(2)15-16)21-10-6-11-25-12-9-17-7-4-5-8-18(17)25/h4-5,7-9,12,14-15H,3,6,10-11,13H2,1-2H3,(H2,20,21,22). The number of fused-ring (bicyclic) bond motifs is 1. The van der Waals surface area contributed by atoms with E-state index in [1.54, 1.807) is 4.68 Å². The second kappa shape index (κ2) is 8.37. The molecule has 6 nitrogen and oxygen atoms in total. The number of nitrogens with zero attached hydrogens (tertiary/aromatic N) is 4. The van der Waals surface area contributed by atoms with E-state index in [4.69, 9.17) is 0 Å². The maximum atomic E-state index is 4.62. The molecule has 0 unspecified atom stereocenters. The molecule has 0 saturated carbocycles. The highest BCUT2D eigenvalue weighted by molar-refractivity contribution is 5.80. The number of hydrogen-bond donors (Lipinski definition) is 2. The Morgan fingerprint density at radius 1 is 1.20 bits per heavy atom. The third-order valence-electron chi connectivity index (χ3n) is 4.07. The summed E-state index contributed by atoms with van der Waals surface area (Å²) in [5.74, 6) is 0.851. The minimum atomic E-state index is 0.630. The van der Waals surface area contributed by atoms with Crippen LogP contribution in [0.2, 0.25) is 0 Å². The third-order valence-corrected chi connectivity index (χ3v) is 4.07. The number of aryl methyl sites for hydroxylation is 2. The van der Waals surface area contributed by atoms with Crippen molar-refractivity contribution < 1.29 is 0 Å². The van der Waals surface area contributed by atoms with Crippen LogP contribution in [0.5, 0.6) is 0 Å². The lowest BCUT2D eigenvalue weighted by Crippen LogP contribution is -2.38. The topological polar surface area (TPSA) is 59.2 Å². The Morgan fingerprint density at radius 3 is 2.88 bits per heavy atom. The van der Waals surface area contributed by atoms with Crippen molar-refractivity contribution in [1.29, 1.82) is 0 Å². The van der Waals surface area contributed by atoms with Crippen LogP contribution in [0.15, 0.2) is 53.9 Å². The zero-order valence-electron chi connectivity index (χ0n) is 14.9. The molecule has 0 saturated heterocycles. The Morgan fingerprint density at radius 2 is 2.08 bits per heavy atom. The fourth-order valence-electron chi connectivity index (χ4n) is 2.86. The number of benzene rings is 1. The second-order valence-corrected chi connectivity index (χ2v) is 6.07. The van der Waals surface area contributed by atoms with Crippen molar-refractivity contribution in [2.24, 2.45) is 12.0 Å². The first-order valence-corrected chi connectivity index (χ1v) is 8.80. The maximum absolute atomic E-state index is 4.62. The van der Waals surface area contributed by atoms with E-state index in [1.807, 2.05) is 19.4 Å².